The maximum absolute atomic E-state index is 13.1. The van der Waals surface area contributed by atoms with Crippen LogP contribution in [0.1, 0.15) is 26.3 Å². The summed E-state index contributed by atoms with van der Waals surface area (Å²) < 4.78 is 38.3. The van der Waals surface area contributed by atoms with Crippen LogP contribution >= 0.6 is 0 Å². The number of hydrogen-bond acceptors (Lipinski definition) is 5. The fraction of sp³-hybridized carbons (Fsp3) is 0.269. The number of benzene rings is 3. The van der Waals surface area contributed by atoms with Crippen LogP contribution in [-0.4, -0.2) is 33.2 Å². The minimum atomic E-state index is -3.63. The summed E-state index contributed by atoms with van der Waals surface area (Å²) in [5, 5.41) is 4.80. The van der Waals surface area contributed by atoms with Crippen molar-refractivity contribution in [1.82, 2.24) is 0 Å². The Hall–Kier alpha value is -3.52. The zero-order valence-corrected chi connectivity index (χ0v) is 20.3. The van der Waals surface area contributed by atoms with Gasteiger partial charge in [-0.05, 0) is 41.3 Å². The summed E-state index contributed by atoms with van der Waals surface area (Å²) >= 11 is 0. The maximum Gasteiger partial charge on any atom is 0.267 e. The Kier molecular flexibility index (Phi) is 5.09. The first kappa shape index (κ1) is 22.3. The van der Waals surface area contributed by atoms with E-state index in [9.17, 15) is 13.2 Å². The topological polar surface area (TPSA) is 88.9 Å². The highest BCUT2D eigenvalue weighted by Crippen LogP contribution is 2.39. The van der Waals surface area contributed by atoms with Crippen molar-refractivity contribution < 1.29 is 22.4 Å². The molecule has 34 heavy (non-hydrogen) atoms. The summed E-state index contributed by atoms with van der Waals surface area (Å²) in [5.74, 6) is -0.0766. The smallest absolute Gasteiger partial charge is 0.267 e. The summed E-state index contributed by atoms with van der Waals surface area (Å²) in [5.41, 5.74) is 3.22. The number of carbonyl (C=O) groups is 1. The van der Waals surface area contributed by atoms with Crippen molar-refractivity contribution in [3.63, 3.8) is 0 Å². The van der Waals surface area contributed by atoms with E-state index in [1.54, 1.807) is 18.2 Å². The standard InChI is InChI=1S/C26H26N2O5S/c1-26(2,3)16-9-12-22-20(13-16)28(34(4,30)31)15-24(33-22)25(29)27-17-10-11-19-18-7-5-6-8-21(18)32-23(19)14-17/h5-14,24H,15H2,1-4H3,(H,27,29). The normalized spacial score (nSPS) is 16.4. The van der Waals surface area contributed by atoms with Crippen LogP contribution in [0.3, 0.4) is 0 Å². The average molecular weight is 479 g/mol. The van der Waals surface area contributed by atoms with Crippen LogP contribution in [0.15, 0.2) is 65.1 Å². The minimum absolute atomic E-state index is 0.113. The Morgan fingerprint density at radius 3 is 2.47 bits per heavy atom. The second-order valence-corrected chi connectivity index (χ2v) is 11.5. The number of para-hydroxylation sites is 1. The highest BCUT2D eigenvalue weighted by atomic mass is 32.2. The van der Waals surface area contributed by atoms with E-state index in [1.807, 2.05) is 42.5 Å². The van der Waals surface area contributed by atoms with Crippen molar-refractivity contribution in [2.75, 3.05) is 22.4 Å². The van der Waals surface area contributed by atoms with E-state index in [2.05, 4.69) is 26.1 Å². The predicted molar refractivity (Wildman–Crippen MR) is 134 cm³/mol. The molecule has 3 aromatic carbocycles. The van der Waals surface area contributed by atoms with Gasteiger partial charge in [0.1, 0.15) is 16.9 Å². The van der Waals surface area contributed by atoms with Crippen LogP contribution in [0, 0.1) is 0 Å². The van der Waals surface area contributed by atoms with Gasteiger partial charge in [0.2, 0.25) is 10.0 Å². The van der Waals surface area contributed by atoms with E-state index in [-0.39, 0.29) is 12.0 Å². The first-order valence-electron chi connectivity index (χ1n) is 11.0. The number of ether oxygens (including phenoxy) is 1. The second-order valence-electron chi connectivity index (χ2n) is 9.63. The van der Waals surface area contributed by atoms with Gasteiger partial charge in [0.25, 0.3) is 5.91 Å². The molecule has 1 unspecified atom stereocenters. The van der Waals surface area contributed by atoms with Crippen LogP contribution in [0.25, 0.3) is 21.9 Å². The molecule has 0 spiro atoms. The van der Waals surface area contributed by atoms with Crippen LogP contribution < -0.4 is 14.4 Å². The number of nitrogens with one attached hydrogen (secondary N) is 1. The maximum atomic E-state index is 13.1. The van der Waals surface area contributed by atoms with Gasteiger partial charge in [-0.1, -0.05) is 45.0 Å². The molecule has 0 saturated carbocycles. The molecule has 1 aromatic heterocycles. The molecule has 8 heteroatoms. The zero-order chi connectivity index (χ0) is 24.3. The summed E-state index contributed by atoms with van der Waals surface area (Å²) in [6.45, 7) is 6.05. The quantitative estimate of drug-likeness (QED) is 0.445. The fourth-order valence-electron chi connectivity index (χ4n) is 4.19. The van der Waals surface area contributed by atoms with Gasteiger partial charge in [-0.25, -0.2) is 8.42 Å². The van der Waals surface area contributed by atoms with Gasteiger partial charge >= 0.3 is 0 Å². The number of rotatable bonds is 3. The summed E-state index contributed by atoms with van der Waals surface area (Å²) in [4.78, 5) is 13.1. The lowest BCUT2D eigenvalue weighted by atomic mass is 9.86. The SMILES string of the molecule is CC(C)(C)c1ccc2c(c1)N(S(C)(=O)=O)CC(C(=O)Nc1ccc3c(c1)oc1ccccc13)O2. The lowest BCUT2D eigenvalue weighted by Gasteiger charge is -2.35. The third-order valence-electron chi connectivity index (χ3n) is 6.03. The highest BCUT2D eigenvalue weighted by Gasteiger charge is 2.36. The summed E-state index contributed by atoms with van der Waals surface area (Å²) in [7, 11) is -3.63. The molecule has 4 aromatic rings. The van der Waals surface area contributed by atoms with Crippen molar-refractivity contribution in [2.45, 2.75) is 32.3 Å². The molecule has 0 bridgehead atoms. The highest BCUT2D eigenvalue weighted by molar-refractivity contribution is 7.92. The van der Waals surface area contributed by atoms with Crippen molar-refractivity contribution in [2.24, 2.45) is 0 Å². The largest absolute Gasteiger partial charge is 0.476 e. The molecule has 5 rings (SSSR count). The molecule has 0 fully saturated rings. The van der Waals surface area contributed by atoms with Gasteiger partial charge in [0, 0.05) is 22.5 Å². The van der Waals surface area contributed by atoms with Gasteiger partial charge in [-0.15, -0.1) is 0 Å². The molecule has 0 aliphatic carbocycles. The molecule has 176 valence electrons. The Morgan fingerprint density at radius 1 is 1.00 bits per heavy atom. The number of fused-ring (bicyclic) bond motifs is 4. The van der Waals surface area contributed by atoms with Gasteiger partial charge in [0.05, 0.1) is 18.5 Å². The molecule has 1 atom stereocenters. The molecule has 1 aliphatic rings. The van der Waals surface area contributed by atoms with Crippen molar-refractivity contribution in [1.29, 1.82) is 0 Å². The molecule has 2 heterocycles. The zero-order valence-electron chi connectivity index (χ0n) is 19.5. The van der Waals surface area contributed by atoms with Crippen LogP contribution in [-0.2, 0) is 20.2 Å². The van der Waals surface area contributed by atoms with Crippen LogP contribution in [0.5, 0.6) is 5.75 Å². The lowest BCUT2D eigenvalue weighted by molar-refractivity contribution is -0.122. The molecule has 1 N–H and O–H groups in total. The molecular weight excluding hydrogens is 452 g/mol. The van der Waals surface area contributed by atoms with Crippen molar-refractivity contribution in [3.8, 4) is 5.75 Å². The number of hydrogen-bond donors (Lipinski definition) is 1. The third kappa shape index (κ3) is 3.98. The first-order valence-corrected chi connectivity index (χ1v) is 12.9. The second kappa shape index (κ2) is 7.77. The predicted octanol–water partition coefficient (Wildman–Crippen LogP) is 5.05. The number of nitrogens with zero attached hydrogens (tertiary/aromatic N) is 1. The average Bonchev–Trinajstić information content (AvgIpc) is 3.14. The van der Waals surface area contributed by atoms with Crippen molar-refractivity contribution >= 4 is 49.2 Å². The number of carbonyl (C=O) groups excluding carboxylic acids is 1. The number of sulfonamides is 1. The Balaban J connectivity index is 1.44. The molecule has 1 amide bonds. The molecule has 7 nitrogen and oxygen atoms in total. The van der Waals surface area contributed by atoms with E-state index < -0.39 is 22.0 Å². The van der Waals surface area contributed by atoms with Gasteiger partial charge in [-0.3, -0.25) is 9.10 Å². The Morgan fingerprint density at radius 2 is 1.74 bits per heavy atom. The lowest BCUT2D eigenvalue weighted by Crippen LogP contribution is -2.48. The summed E-state index contributed by atoms with van der Waals surface area (Å²) in [6, 6.07) is 18.6. The van der Waals surface area contributed by atoms with Crippen molar-refractivity contribution in [3.05, 3.63) is 66.2 Å². The van der Waals surface area contributed by atoms with E-state index in [4.69, 9.17) is 9.15 Å². The van der Waals surface area contributed by atoms with Gasteiger partial charge in [0.15, 0.2) is 6.10 Å². The molecule has 0 radical (unpaired) electrons. The first-order chi connectivity index (χ1) is 16.0. The minimum Gasteiger partial charge on any atom is -0.476 e. The van der Waals surface area contributed by atoms with Crippen LogP contribution in [0.2, 0.25) is 0 Å². The summed E-state index contributed by atoms with van der Waals surface area (Å²) in [6.07, 6.45) is 0.130. The molecular formula is C26H26N2O5S. The van der Waals surface area contributed by atoms with Gasteiger partial charge in [-0.2, -0.15) is 0 Å². The van der Waals surface area contributed by atoms with E-state index in [0.717, 1.165) is 28.2 Å². The van der Waals surface area contributed by atoms with Gasteiger partial charge < -0.3 is 14.5 Å². The Bertz CT molecular complexity index is 1530. The third-order valence-corrected chi connectivity index (χ3v) is 7.18. The monoisotopic (exact) mass is 478 g/mol. The number of furan rings is 1. The molecule has 1 aliphatic heterocycles. The number of amides is 1. The Labute approximate surface area is 198 Å². The fourth-order valence-corrected chi connectivity index (χ4v) is 5.10. The van der Waals surface area contributed by atoms with E-state index >= 15 is 0 Å². The number of anilines is 2. The van der Waals surface area contributed by atoms with E-state index in [1.165, 1.54) is 4.31 Å². The van der Waals surface area contributed by atoms with E-state index in [0.29, 0.717) is 22.7 Å². The molecule has 0 saturated heterocycles. The van der Waals surface area contributed by atoms with Crippen LogP contribution in [0.4, 0.5) is 11.4 Å².